The normalized spacial score (nSPS) is 15.7. The summed E-state index contributed by atoms with van der Waals surface area (Å²) in [6, 6.07) is 0. The van der Waals surface area contributed by atoms with E-state index < -0.39 is 0 Å². The highest BCUT2D eigenvalue weighted by Gasteiger charge is 2.20. The van der Waals surface area contributed by atoms with Crippen molar-refractivity contribution in [3.05, 3.63) is 15.7 Å². The minimum Gasteiger partial charge on any atom is -0.335 e. The van der Waals surface area contributed by atoms with E-state index in [1.54, 1.807) is 6.92 Å². The number of imidazole rings is 1. The summed E-state index contributed by atoms with van der Waals surface area (Å²) in [5.74, 6) is 0.142. The largest absolute Gasteiger partial charge is 0.335 e. The number of aromatic nitrogens is 2. The zero-order valence-corrected chi connectivity index (χ0v) is 9.48. The molecule has 0 radical (unpaired) electrons. The second kappa shape index (κ2) is 3.28. The first-order chi connectivity index (χ1) is 6.18. The Kier molecular flexibility index (Phi) is 2.27. The summed E-state index contributed by atoms with van der Waals surface area (Å²) >= 11 is 2.20. The minimum atomic E-state index is 0.142. The van der Waals surface area contributed by atoms with Crippen LogP contribution in [0.25, 0.3) is 0 Å². The standard InChI is InChI=1S/C8H10IN3O/c1-6(13)11-2-3-12-5-10-8(9)7(12)4-11/h5H,2-4H2,1H3. The van der Waals surface area contributed by atoms with Gasteiger partial charge in [-0.05, 0) is 22.6 Å². The quantitative estimate of drug-likeness (QED) is 0.665. The van der Waals surface area contributed by atoms with Crippen molar-refractivity contribution in [2.45, 2.75) is 20.0 Å². The SMILES string of the molecule is CC(=O)N1CCn2cnc(I)c2C1. The summed E-state index contributed by atoms with van der Waals surface area (Å²) in [6.45, 7) is 3.98. The molecule has 0 saturated heterocycles. The molecule has 70 valence electrons. The van der Waals surface area contributed by atoms with Gasteiger partial charge in [0.25, 0.3) is 0 Å². The molecule has 0 aromatic carbocycles. The van der Waals surface area contributed by atoms with Crippen molar-refractivity contribution in [3.63, 3.8) is 0 Å². The molecule has 0 aliphatic carbocycles. The first kappa shape index (κ1) is 8.98. The lowest BCUT2D eigenvalue weighted by Crippen LogP contribution is -2.36. The Labute approximate surface area is 90.1 Å². The van der Waals surface area contributed by atoms with Crippen LogP contribution in [0, 0.1) is 3.70 Å². The number of hydrogen-bond acceptors (Lipinski definition) is 2. The Bertz CT molecular complexity index is 347. The highest BCUT2D eigenvalue weighted by molar-refractivity contribution is 14.1. The van der Waals surface area contributed by atoms with E-state index >= 15 is 0 Å². The molecule has 0 bridgehead atoms. The molecular weight excluding hydrogens is 281 g/mol. The van der Waals surface area contributed by atoms with Gasteiger partial charge in [0, 0.05) is 20.0 Å². The lowest BCUT2D eigenvalue weighted by molar-refractivity contribution is -0.130. The topological polar surface area (TPSA) is 38.1 Å². The molecule has 1 amide bonds. The molecule has 5 heteroatoms. The molecule has 13 heavy (non-hydrogen) atoms. The number of rotatable bonds is 0. The Morgan fingerprint density at radius 1 is 1.62 bits per heavy atom. The monoisotopic (exact) mass is 291 g/mol. The van der Waals surface area contributed by atoms with Gasteiger partial charge in [-0.3, -0.25) is 4.79 Å². The molecule has 0 N–H and O–H groups in total. The van der Waals surface area contributed by atoms with Crippen molar-refractivity contribution in [3.8, 4) is 0 Å². The van der Waals surface area contributed by atoms with Gasteiger partial charge in [0.15, 0.2) is 0 Å². The molecule has 0 fully saturated rings. The highest BCUT2D eigenvalue weighted by Crippen LogP contribution is 2.17. The van der Waals surface area contributed by atoms with E-state index in [1.165, 1.54) is 0 Å². The molecule has 2 heterocycles. The van der Waals surface area contributed by atoms with Gasteiger partial charge in [-0.2, -0.15) is 0 Å². The highest BCUT2D eigenvalue weighted by atomic mass is 127. The number of hydrogen-bond donors (Lipinski definition) is 0. The average molecular weight is 291 g/mol. The van der Waals surface area contributed by atoms with E-state index in [0.29, 0.717) is 6.54 Å². The van der Waals surface area contributed by atoms with Gasteiger partial charge >= 0.3 is 0 Å². The number of carbonyl (C=O) groups excluding carboxylic acids is 1. The van der Waals surface area contributed by atoms with E-state index in [0.717, 1.165) is 22.5 Å². The maximum Gasteiger partial charge on any atom is 0.219 e. The van der Waals surface area contributed by atoms with Gasteiger partial charge in [-0.1, -0.05) is 0 Å². The van der Waals surface area contributed by atoms with Crippen LogP contribution < -0.4 is 0 Å². The van der Waals surface area contributed by atoms with Crippen LogP contribution in [0.2, 0.25) is 0 Å². The second-order valence-electron chi connectivity index (χ2n) is 3.12. The number of nitrogens with zero attached hydrogens (tertiary/aromatic N) is 3. The molecule has 0 unspecified atom stereocenters. The van der Waals surface area contributed by atoms with Gasteiger partial charge in [-0.15, -0.1) is 0 Å². The lowest BCUT2D eigenvalue weighted by atomic mass is 10.3. The fourth-order valence-electron chi connectivity index (χ4n) is 1.49. The molecule has 0 atom stereocenters. The zero-order valence-electron chi connectivity index (χ0n) is 7.33. The predicted molar refractivity (Wildman–Crippen MR) is 56.0 cm³/mol. The van der Waals surface area contributed by atoms with Crippen LogP contribution in [0.15, 0.2) is 6.33 Å². The summed E-state index contributed by atoms with van der Waals surface area (Å²) in [5.41, 5.74) is 1.15. The van der Waals surface area contributed by atoms with Crippen molar-refractivity contribution >= 4 is 28.5 Å². The maximum atomic E-state index is 11.1. The number of amides is 1. The van der Waals surface area contributed by atoms with E-state index in [4.69, 9.17) is 0 Å². The van der Waals surface area contributed by atoms with E-state index in [-0.39, 0.29) is 5.91 Å². The third-order valence-electron chi connectivity index (χ3n) is 2.29. The summed E-state index contributed by atoms with van der Waals surface area (Å²) in [5, 5.41) is 0. The van der Waals surface area contributed by atoms with Crippen LogP contribution in [0.5, 0.6) is 0 Å². The Morgan fingerprint density at radius 2 is 2.38 bits per heavy atom. The lowest BCUT2D eigenvalue weighted by Gasteiger charge is -2.27. The summed E-state index contributed by atoms with van der Waals surface area (Å²) in [7, 11) is 0. The van der Waals surface area contributed by atoms with Gasteiger partial charge in [-0.25, -0.2) is 4.98 Å². The average Bonchev–Trinajstić information content (AvgIpc) is 2.47. The number of fused-ring (bicyclic) bond motifs is 1. The van der Waals surface area contributed by atoms with Crippen molar-refractivity contribution in [1.29, 1.82) is 0 Å². The molecule has 2 rings (SSSR count). The second-order valence-corrected chi connectivity index (χ2v) is 4.14. The third-order valence-corrected chi connectivity index (χ3v) is 3.19. The van der Waals surface area contributed by atoms with E-state index in [1.807, 2.05) is 11.2 Å². The Hall–Kier alpha value is -0.590. The smallest absolute Gasteiger partial charge is 0.219 e. The summed E-state index contributed by atoms with van der Waals surface area (Å²) in [6.07, 6.45) is 1.84. The fraction of sp³-hybridized carbons (Fsp3) is 0.500. The van der Waals surface area contributed by atoms with Crippen LogP contribution in [0.1, 0.15) is 12.6 Å². The van der Waals surface area contributed by atoms with Gasteiger partial charge in [0.2, 0.25) is 5.91 Å². The molecule has 1 aliphatic rings. The number of carbonyl (C=O) groups is 1. The zero-order chi connectivity index (χ0) is 9.42. The van der Waals surface area contributed by atoms with Gasteiger partial charge < -0.3 is 9.47 Å². The minimum absolute atomic E-state index is 0.142. The van der Waals surface area contributed by atoms with Gasteiger partial charge in [0.05, 0.1) is 18.6 Å². The van der Waals surface area contributed by atoms with Crippen molar-refractivity contribution in [1.82, 2.24) is 14.5 Å². The molecule has 0 spiro atoms. The van der Waals surface area contributed by atoms with Crippen LogP contribution in [0.4, 0.5) is 0 Å². The Balaban J connectivity index is 2.27. The van der Waals surface area contributed by atoms with Crippen molar-refractivity contribution in [2.75, 3.05) is 6.54 Å². The fourth-order valence-corrected chi connectivity index (χ4v) is 2.09. The first-order valence-electron chi connectivity index (χ1n) is 4.13. The molecule has 1 aromatic heterocycles. The molecular formula is C8H10IN3O. The van der Waals surface area contributed by atoms with Gasteiger partial charge in [0.1, 0.15) is 3.70 Å². The van der Waals surface area contributed by atoms with Crippen LogP contribution in [-0.2, 0) is 17.9 Å². The number of halogens is 1. The predicted octanol–water partition coefficient (Wildman–Crippen LogP) is 0.850. The molecule has 1 aromatic rings. The third kappa shape index (κ3) is 1.56. The van der Waals surface area contributed by atoms with Crippen LogP contribution in [-0.4, -0.2) is 26.9 Å². The Morgan fingerprint density at radius 3 is 3.08 bits per heavy atom. The molecule has 4 nitrogen and oxygen atoms in total. The van der Waals surface area contributed by atoms with Crippen LogP contribution >= 0.6 is 22.6 Å². The van der Waals surface area contributed by atoms with Crippen LogP contribution in [0.3, 0.4) is 0 Å². The van der Waals surface area contributed by atoms with Crippen molar-refractivity contribution in [2.24, 2.45) is 0 Å². The van der Waals surface area contributed by atoms with Crippen molar-refractivity contribution < 1.29 is 4.79 Å². The first-order valence-corrected chi connectivity index (χ1v) is 5.21. The van der Waals surface area contributed by atoms with E-state index in [9.17, 15) is 4.79 Å². The summed E-state index contributed by atoms with van der Waals surface area (Å²) < 4.78 is 3.12. The molecule has 0 saturated carbocycles. The summed E-state index contributed by atoms with van der Waals surface area (Å²) in [4.78, 5) is 17.2. The van der Waals surface area contributed by atoms with E-state index in [2.05, 4.69) is 32.1 Å². The molecule has 1 aliphatic heterocycles. The maximum absolute atomic E-state index is 11.1.